The van der Waals surface area contributed by atoms with Gasteiger partial charge in [-0.1, -0.05) is 49.4 Å². The van der Waals surface area contributed by atoms with E-state index in [0.717, 1.165) is 52.2 Å². The van der Waals surface area contributed by atoms with Crippen molar-refractivity contribution in [2.45, 2.75) is 57.4 Å². The zero-order valence-corrected chi connectivity index (χ0v) is 24.4. The van der Waals surface area contributed by atoms with Gasteiger partial charge in [0.05, 0.1) is 16.7 Å². The predicted octanol–water partition coefficient (Wildman–Crippen LogP) is 5.98. The van der Waals surface area contributed by atoms with Gasteiger partial charge in [-0.25, -0.2) is 14.8 Å². The van der Waals surface area contributed by atoms with Crippen LogP contribution < -0.4 is 20.7 Å². The Morgan fingerprint density at radius 2 is 1.88 bits per heavy atom. The number of amides is 3. The summed E-state index contributed by atoms with van der Waals surface area (Å²) in [5.41, 5.74) is 2.89. The van der Waals surface area contributed by atoms with Crippen LogP contribution in [0.2, 0.25) is 0 Å². The lowest BCUT2D eigenvalue weighted by Gasteiger charge is -2.17. The third-order valence-corrected chi connectivity index (χ3v) is 8.52. The molecular formula is C30H31N7O4S. The number of carbonyl (C=O) groups is 2. The van der Waals surface area contributed by atoms with Crippen LogP contribution in [0.4, 0.5) is 16.3 Å². The molecule has 3 amide bonds. The van der Waals surface area contributed by atoms with E-state index in [-0.39, 0.29) is 22.8 Å². The summed E-state index contributed by atoms with van der Waals surface area (Å²) in [7, 11) is 0. The first-order valence-electron chi connectivity index (χ1n) is 14.0. The van der Waals surface area contributed by atoms with Gasteiger partial charge in [0.25, 0.3) is 0 Å². The van der Waals surface area contributed by atoms with E-state index in [9.17, 15) is 9.59 Å². The van der Waals surface area contributed by atoms with Crippen molar-refractivity contribution >= 4 is 50.1 Å². The van der Waals surface area contributed by atoms with Crippen LogP contribution in [0, 0.1) is 5.92 Å². The molecule has 0 aliphatic heterocycles. The van der Waals surface area contributed by atoms with E-state index in [1.54, 1.807) is 6.07 Å². The molecule has 0 saturated heterocycles. The highest BCUT2D eigenvalue weighted by atomic mass is 32.1. The van der Waals surface area contributed by atoms with Gasteiger partial charge in [-0.2, -0.15) is 0 Å². The van der Waals surface area contributed by atoms with Gasteiger partial charge < -0.3 is 19.9 Å². The Labute approximate surface area is 245 Å². The Kier molecular flexibility index (Phi) is 6.19. The highest BCUT2D eigenvalue weighted by molar-refractivity contribution is 7.23. The predicted molar refractivity (Wildman–Crippen MR) is 160 cm³/mol. The topological polar surface area (TPSA) is 136 Å². The van der Waals surface area contributed by atoms with E-state index in [0.29, 0.717) is 29.8 Å². The third kappa shape index (κ3) is 5.41. The van der Waals surface area contributed by atoms with E-state index in [2.05, 4.69) is 21.1 Å². The van der Waals surface area contributed by atoms with E-state index < -0.39 is 6.03 Å². The fourth-order valence-electron chi connectivity index (χ4n) is 4.66. The molecule has 2 saturated carbocycles. The van der Waals surface area contributed by atoms with Crippen molar-refractivity contribution in [3.63, 3.8) is 0 Å². The molecule has 2 aliphatic rings. The van der Waals surface area contributed by atoms with Gasteiger partial charge in [0.2, 0.25) is 11.8 Å². The summed E-state index contributed by atoms with van der Waals surface area (Å²) in [6, 6.07) is 12.7. The second-order valence-corrected chi connectivity index (χ2v) is 13.1. The average molecular weight is 586 g/mol. The summed E-state index contributed by atoms with van der Waals surface area (Å²) < 4.78 is 13.3. The molecular weight excluding hydrogens is 554 g/mol. The zero-order valence-electron chi connectivity index (χ0n) is 23.6. The highest BCUT2D eigenvalue weighted by Gasteiger charge is 2.47. The summed E-state index contributed by atoms with van der Waals surface area (Å²) in [4.78, 5) is 35.8. The first-order chi connectivity index (χ1) is 20.1. The lowest BCUT2D eigenvalue weighted by Crippen LogP contribution is -2.42. The number of imidazole rings is 1. The van der Waals surface area contributed by atoms with Gasteiger partial charge in [0, 0.05) is 40.9 Å². The summed E-state index contributed by atoms with van der Waals surface area (Å²) in [6.45, 7) is 6.47. The first-order valence-corrected chi connectivity index (χ1v) is 14.8. The number of urea groups is 1. The molecule has 11 nitrogen and oxygen atoms in total. The van der Waals surface area contributed by atoms with Crippen LogP contribution in [0.1, 0.15) is 52.2 Å². The molecule has 2 fully saturated rings. The number of carbonyl (C=O) groups excluding carboxylic acids is 2. The maximum Gasteiger partial charge on any atom is 0.324 e. The molecule has 0 atom stereocenters. The fraction of sp³-hybridized carbons (Fsp3) is 0.367. The quantitative estimate of drug-likeness (QED) is 0.204. The van der Waals surface area contributed by atoms with Crippen LogP contribution in [0.25, 0.3) is 26.6 Å². The maximum absolute atomic E-state index is 12.4. The number of pyridine rings is 1. The van der Waals surface area contributed by atoms with Crippen molar-refractivity contribution < 1.29 is 18.8 Å². The van der Waals surface area contributed by atoms with Gasteiger partial charge in [0.15, 0.2) is 10.8 Å². The van der Waals surface area contributed by atoms with Gasteiger partial charge >= 0.3 is 6.03 Å². The smallest absolute Gasteiger partial charge is 0.324 e. The Morgan fingerprint density at radius 1 is 1.10 bits per heavy atom. The Bertz CT molecular complexity index is 1810. The molecule has 7 rings (SSSR count). The minimum atomic E-state index is -0.406. The van der Waals surface area contributed by atoms with Gasteiger partial charge in [-0.15, -0.1) is 0 Å². The van der Waals surface area contributed by atoms with Crippen molar-refractivity contribution in [1.29, 1.82) is 0 Å². The molecule has 1 aromatic carbocycles. The number of rotatable bonds is 8. The summed E-state index contributed by atoms with van der Waals surface area (Å²) in [5, 5.41) is 12.6. The van der Waals surface area contributed by atoms with E-state index in [1.165, 1.54) is 11.3 Å². The van der Waals surface area contributed by atoms with Crippen LogP contribution in [0.3, 0.4) is 0 Å². The molecule has 12 heteroatoms. The van der Waals surface area contributed by atoms with Crippen LogP contribution >= 0.6 is 11.3 Å². The zero-order chi connectivity index (χ0) is 29.1. The normalized spacial score (nSPS) is 16.0. The number of ether oxygens (including phenoxy) is 1. The minimum Gasteiger partial charge on any atom is -0.475 e. The molecule has 4 heterocycles. The summed E-state index contributed by atoms with van der Waals surface area (Å²) in [6.07, 6.45) is 5.85. The van der Waals surface area contributed by atoms with Gasteiger partial charge in [0.1, 0.15) is 17.2 Å². The minimum absolute atomic E-state index is 0.156. The standard InChI is InChI=1S/C30H31N7O4S/c1-29(2,3)22-14-23(36-41-22)33-27(39)31-19-8-6-17(7-9-19)20-15-37-21-10-11-24(34-26(21)42-28(37)32-20)40-16-30(12-13-30)35-25(38)18-4-5-18/h6-11,14-15,18H,4-5,12-13,16H2,1-3H3,(H,35,38)(H2,31,33,36,39). The van der Waals surface area contributed by atoms with E-state index >= 15 is 0 Å². The second kappa shape index (κ2) is 9.83. The largest absolute Gasteiger partial charge is 0.475 e. The number of anilines is 2. The number of thiazole rings is 1. The SMILES string of the molecule is CC(C)(C)c1cc(NC(=O)Nc2ccc(-c3cn4c(n3)sc3nc(OCC5(NC(=O)C6CC6)CC5)ccc34)cc2)no1. The van der Waals surface area contributed by atoms with Crippen molar-refractivity contribution in [2.24, 2.45) is 5.92 Å². The number of nitrogens with zero attached hydrogens (tertiary/aromatic N) is 4. The molecule has 0 unspecified atom stereocenters. The van der Waals surface area contributed by atoms with E-state index in [4.69, 9.17) is 19.2 Å². The van der Waals surface area contributed by atoms with Crippen LogP contribution in [0.5, 0.6) is 5.88 Å². The average Bonchev–Trinajstić information content (AvgIpc) is 3.81. The van der Waals surface area contributed by atoms with Crippen molar-refractivity contribution in [1.82, 2.24) is 24.8 Å². The lowest BCUT2D eigenvalue weighted by molar-refractivity contribution is -0.123. The molecule has 0 radical (unpaired) electrons. The molecule has 4 aromatic heterocycles. The van der Waals surface area contributed by atoms with Gasteiger partial charge in [-0.3, -0.25) is 14.5 Å². The van der Waals surface area contributed by atoms with Crippen molar-refractivity contribution in [3.8, 4) is 17.1 Å². The number of aromatic nitrogens is 4. The number of nitrogens with one attached hydrogen (secondary N) is 3. The summed E-state index contributed by atoms with van der Waals surface area (Å²) >= 11 is 1.49. The maximum atomic E-state index is 12.4. The Balaban J connectivity index is 0.990. The number of benzene rings is 1. The molecule has 5 aromatic rings. The number of fused-ring (bicyclic) bond motifs is 3. The fourth-order valence-corrected chi connectivity index (χ4v) is 5.63. The monoisotopic (exact) mass is 585 g/mol. The molecule has 0 spiro atoms. The number of hydrogen-bond acceptors (Lipinski definition) is 8. The Morgan fingerprint density at radius 3 is 2.57 bits per heavy atom. The second-order valence-electron chi connectivity index (χ2n) is 12.2. The number of hydrogen-bond donors (Lipinski definition) is 3. The van der Waals surface area contributed by atoms with Crippen LogP contribution in [-0.4, -0.2) is 43.6 Å². The third-order valence-electron chi connectivity index (χ3n) is 7.55. The highest BCUT2D eigenvalue weighted by Crippen LogP contribution is 2.39. The van der Waals surface area contributed by atoms with Crippen molar-refractivity contribution in [3.05, 3.63) is 54.4 Å². The van der Waals surface area contributed by atoms with Crippen LogP contribution in [0.15, 0.2) is 53.2 Å². The van der Waals surface area contributed by atoms with Gasteiger partial charge in [-0.05, 0) is 43.9 Å². The molecule has 216 valence electrons. The lowest BCUT2D eigenvalue weighted by atomic mass is 9.93. The van der Waals surface area contributed by atoms with Crippen LogP contribution in [-0.2, 0) is 10.2 Å². The molecule has 0 bridgehead atoms. The first kappa shape index (κ1) is 26.4. The van der Waals surface area contributed by atoms with Crippen molar-refractivity contribution in [2.75, 3.05) is 17.2 Å². The molecule has 42 heavy (non-hydrogen) atoms. The Hall–Kier alpha value is -4.45. The summed E-state index contributed by atoms with van der Waals surface area (Å²) in [5.74, 6) is 1.94. The molecule has 3 N–H and O–H groups in total. The van der Waals surface area contributed by atoms with E-state index in [1.807, 2.05) is 67.8 Å². The molecule has 2 aliphatic carbocycles.